The van der Waals surface area contributed by atoms with E-state index in [2.05, 4.69) is 22.2 Å². The topological polar surface area (TPSA) is 108 Å². The Kier molecular flexibility index (Phi) is 7.06. The van der Waals surface area contributed by atoms with Gasteiger partial charge in [0.05, 0.1) is 0 Å². The van der Waals surface area contributed by atoms with Crippen LogP contribution in [-0.2, 0) is 14.4 Å². The minimum absolute atomic E-state index is 0.0432. The van der Waals surface area contributed by atoms with Gasteiger partial charge in [0.1, 0.15) is 5.54 Å². The van der Waals surface area contributed by atoms with E-state index in [9.17, 15) is 19.2 Å². The first kappa shape index (κ1) is 21.7. The molecule has 8 nitrogen and oxygen atoms in total. The summed E-state index contributed by atoms with van der Waals surface area (Å²) in [6.07, 6.45) is 0.159. The van der Waals surface area contributed by atoms with Gasteiger partial charge in [-0.1, -0.05) is 6.07 Å². The zero-order chi connectivity index (χ0) is 20.9. The molecule has 5 amide bonds. The summed E-state index contributed by atoms with van der Waals surface area (Å²) in [6.45, 7) is 7.25. The Balaban J connectivity index is 1.65. The van der Waals surface area contributed by atoms with E-state index < -0.39 is 17.5 Å². The van der Waals surface area contributed by atoms with Gasteiger partial charge < -0.3 is 5.32 Å². The molecule has 1 fully saturated rings. The second kappa shape index (κ2) is 9.09. The molecule has 3 N–H and O–H groups in total. The molecular formula is C19H26N4O4S. The van der Waals surface area contributed by atoms with Gasteiger partial charge >= 0.3 is 6.03 Å². The molecule has 0 radical (unpaired) electrons. The number of nitrogens with zero attached hydrogens (tertiary/aromatic N) is 1. The van der Waals surface area contributed by atoms with Crippen molar-refractivity contribution in [1.82, 2.24) is 21.1 Å². The number of hydrogen-bond donors (Lipinski definition) is 3. The van der Waals surface area contributed by atoms with Crippen molar-refractivity contribution in [2.45, 2.75) is 51.0 Å². The van der Waals surface area contributed by atoms with Crippen LogP contribution in [-0.4, -0.2) is 46.5 Å². The van der Waals surface area contributed by atoms with Crippen molar-refractivity contribution in [3.63, 3.8) is 0 Å². The summed E-state index contributed by atoms with van der Waals surface area (Å²) in [7, 11) is 0. The molecule has 0 aromatic heterocycles. The normalized spacial score (nSPS) is 15.4. The highest BCUT2D eigenvalue weighted by Gasteiger charge is 2.43. The van der Waals surface area contributed by atoms with Crippen LogP contribution < -0.4 is 16.2 Å². The van der Waals surface area contributed by atoms with E-state index >= 15 is 0 Å². The maximum Gasteiger partial charge on any atom is 0.325 e. The van der Waals surface area contributed by atoms with Gasteiger partial charge in [-0.2, -0.15) is 0 Å². The molecule has 152 valence electrons. The van der Waals surface area contributed by atoms with Crippen LogP contribution in [0.1, 0.15) is 37.8 Å². The standard InChI is InChI=1S/C19H26N4O4S/c1-12-5-6-14(11-13(12)2)28-10-8-16(25)22-21-15(24)7-9-23-17(26)19(3,4)20-18(23)27/h5-6,11H,7-10H2,1-4H3,(H,20,27)(H,21,24)(H,22,25). The van der Waals surface area contributed by atoms with Crippen LogP contribution in [0.2, 0.25) is 0 Å². The van der Waals surface area contributed by atoms with Gasteiger partial charge in [0.2, 0.25) is 11.8 Å². The largest absolute Gasteiger partial charge is 0.325 e. The fourth-order valence-electron chi connectivity index (χ4n) is 2.56. The molecule has 1 saturated heterocycles. The van der Waals surface area contributed by atoms with Crippen LogP contribution in [0.4, 0.5) is 4.79 Å². The predicted octanol–water partition coefficient (Wildman–Crippen LogP) is 1.65. The van der Waals surface area contributed by atoms with Gasteiger partial charge in [0, 0.05) is 30.0 Å². The number of aryl methyl sites for hydroxylation is 2. The lowest BCUT2D eigenvalue weighted by atomic mass is 10.1. The third kappa shape index (κ3) is 5.72. The minimum atomic E-state index is -0.963. The minimum Gasteiger partial charge on any atom is -0.324 e. The predicted molar refractivity (Wildman–Crippen MR) is 106 cm³/mol. The number of thioether (sulfide) groups is 1. The number of carbonyl (C=O) groups excluding carboxylic acids is 4. The second-order valence-electron chi connectivity index (χ2n) is 7.20. The second-order valence-corrected chi connectivity index (χ2v) is 8.37. The molecule has 0 atom stereocenters. The summed E-state index contributed by atoms with van der Waals surface area (Å²) in [5, 5.41) is 2.54. The highest BCUT2D eigenvalue weighted by molar-refractivity contribution is 7.99. The first-order valence-electron chi connectivity index (χ1n) is 9.02. The van der Waals surface area contributed by atoms with Gasteiger partial charge in [-0.05, 0) is 51.0 Å². The lowest BCUT2D eigenvalue weighted by Gasteiger charge is -2.15. The SMILES string of the molecule is Cc1ccc(SCCC(=O)NNC(=O)CCN2C(=O)NC(C)(C)C2=O)cc1C. The number of urea groups is 1. The molecule has 1 aliphatic heterocycles. The van der Waals surface area contributed by atoms with Crippen LogP contribution in [0, 0.1) is 13.8 Å². The molecule has 0 spiro atoms. The smallest absolute Gasteiger partial charge is 0.324 e. The Morgan fingerprint density at radius 3 is 2.29 bits per heavy atom. The number of hydrogen-bond acceptors (Lipinski definition) is 5. The van der Waals surface area contributed by atoms with Crippen LogP contribution in [0.15, 0.2) is 23.1 Å². The average Bonchev–Trinajstić information content (AvgIpc) is 2.81. The quantitative estimate of drug-likeness (QED) is 0.363. The van der Waals surface area contributed by atoms with E-state index in [0.29, 0.717) is 5.75 Å². The Morgan fingerprint density at radius 1 is 1.07 bits per heavy atom. The fraction of sp³-hybridized carbons (Fsp3) is 0.474. The van der Waals surface area contributed by atoms with Gasteiger partial charge in [0.25, 0.3) is 5.91 Å². The number of hydrazine groups is 1. The summed E-state index contributed by atoms with van der Waals surface area (Å²) in [6, 6.07) is 5.63. The van der Waals surface area contributed by atoms with Crippen molar-refractivity contribution in [3.05, 3.63) is 29.3 Å². The van der Waals surface area contributed by atoms with Crippen molar-refractivity contribution >= 4 is 35.5 Å². The Hall–Kier alpha value is -2.55. The van der Waals surface area contributed by atoms with E-state index in [1.807, 2.05) is 26.0 Å². The molecule has 0 unspecified atom stereocenters. The summed E-state index contributed by atoms with van der Waals surface area (Å²) < 4.78 is 0. The molecule has 0 saturated carbocycles. The molecule has 1 aromatic rings. The van der Waals surface area contributed by atoms with Crippen molar-refractivity contribution in [2.75, 3.05) is 12.3 Å². The summed E-state index contributed by atoms with van der Waals surface area (Å²) >= 11 is 1.57. The van der Waals surface area contributed by atoms with E-state index in [0.717, 1.165) is 9.80 Å². The Labute approximate surface area is 168 Å². The number of imide groups is 1. The highest BCUT2D eigenvalue weighted by atomic mass is 32.2. The number of rotatable bonds is 7. The number of amides is 5. The van der Waals surface area contributed by atoms with Crippen molar-refractivity contribution in [2.24, 2.45) is 0 Å². The monoisotopic (exact) mass is 406 g/mol. The third-order valence-corrected chi connectivity index (χ3v) is 5.42. The van der Waals surface area contributed by atoms with Gasteiger partial charge in [0.15, 0.2) is 0 Å². The van der Waals surface area contributed by atoms with Crippen LogP contribution in [0.3, 0.4) is 0 Å². The highest BCUT2D eigenvalue weighted by Crippen LogP contribution is 2.21. The molecule has 9 heteroatoms. The number of carbonyl (C=O) groups is 4. The van der Waals surface area contributed by atoms with Crippen molar-refractivity contribution < 1.29 is 19.2 Å². The molecule has 1 heterocycles. The maximum atomic E-state index is 12.0. The van der Waals surface area contributed by atoms with E-state index in [1.165, 1.54) is 11.1 Å². The molecular weight excluding hydrogens is 380 g/mol. The van der Waals surface area contributed by atoms with Gasteiger partial charge in [-0.25, -0.2) is 4.79 Å². The van der Waals surface area contributed by atoms with Gasteiger partial charge in [-0.15, -0.1) is 11.8 Å². The lowest BCUT2D eigenvalue weighted by molar-refractivity contribution is -0.131. The zero-order valence-electron chi connectivity index (χ0n) is 16.5. The Morgan fingerprint density at radius 2 is 1.71 bits per heavy atom. The lowest BCUT2D eigenvalue weighted by Crippen LogP contribution is -2.44. The van der Waals surface area contributed by atoms with Crippen LogP contribution in [0.5, 0.6) is 0 Å². The molecule has 2 rings (SSSR count). The van der Waals surface area contributed by atoms with Crippen molar-refractivity contribution in [1.29, 1.82) is 0 Å². The average molecular weight is 407 g/mol. The number of nitrogens with one attached hydrogen (secondary N) is 3. The van der Waals surface area contributed by atoms with E-state index in [1.54, 1.807) is 25.6 Å². The molecule has 0 bridgehead atoms. The first-order chi connectivity index (χ1) is 13.1. The first-order valence-corrected chi connectivity index (χ1v) is 10.0. The van der Waals surface area contributed by atoms with Gasteiger partial charge in [-0.3, -0.25) is 30.1 Å². The van der Waals surface area contributed by atoms with Crippen LogP contribution in [0.25, 0.3) is 0 Å². The zero-order valence-corrected chi connectivity index (χ0v) is 17.4. The fourth-order valence-corrected chi connectivity index (χ4v) is 3.51. The van der Waals surface area contributed by atoms with E-state index in [-0.39, 0.29) is 31.2 Å². The molecule has 0 aliphatic carbocycles. The molecule has 1 aromatic carbocycles. The number of benzene rings is 1. The van der Waals surface area contributed by atoms with Crippen LogP contribution >= 0.6 is 11.8 Å². The molecule has 28 heavy (non-hydrogen) atoms. The summed E-state index contributed by atoms with van der Waals surface area (Å²) in [5.41, 5.74) is 6.12. The summed E-state index contributed by atoms with van der Waals surface area (Å²) in [4.78, 5) is 49.6. The third-order valence-electron chi connectivity index (χ3n) is 4.42. The molecule has 1 aliphatic rings. The maximum absolute atomic E-state index is 12.0. The Bertz CT molecular complexity index is 794. The summed E-state index contributed by atoms with van der Waals surface area (Å²) in [5.74, 6) is -0.569. The van der Waals surface area contributed by atoms with Crippen molar-refractivity contribution in [3.8, 4) is 0 Å². The van der Waals surface area contributed by atoms with E-state index in [4.69, 9.17) is 0 Å².